The molecule has 0 saturated heterocycles. The average Bonchev–Trinajstić information content (AvgIpc) is 2.21. The lowest BCUT2D eigenvalue weighted by Gasteiger charge is -2.07. The minimum atomic E-state index is 0.606. The van der Waals surface area contributed by atoms with Crippen LogP contribution in [-0.4, -0.2) is 13.7 Å². The fraction of sp³-hybridized carbons (Fsp3) is 0.273. The van der Waals surface area contributed by atoms with E-state index in [4.69, 9.17) is 22.8 Å². The Morgan fingerprint density at radius 2 is 2.36 bits per heavy atom. The molecule has 0 spiro atoms. The molecule has 0 saturated carbocycles. The van der Waals surface area contributed by atoms with E-state index in [9.17, 15) is 0 Å². The van der Waals surface area contributed by atoms with Gasteiger partial charge in [0.05, 0.1) is 12.1 Å². The molecule has 0 aliphatic heterocycles. The van der Waals surface area contributed by atoms with Crippen LogP contribution in [0.3, 0.4) is 0 Å². The van der Waals surface area contributed by atoms with Gasteiger partial charge in [-0.2, -0.15) is 0 Å². The van der Waals surface area contributed by atoms with E-state index < -0.39 is 0 Å². The Hall–Kier alpha value is -1.33. The molecule has 0 radical (unpaired) electrons. The van der Waals surface area contributed by atoms with Crippen LogP contribution in [0.1, 0.15) is 6.42 Å². The lowest BCUT2D eigenvalue weighted by atomic mass is 10.3. The summed E-state index contributed by atoms with van der Waals surface area (Å²) in [6.07, 6.45) is 5.84. The molecule has 1 aromatic rings. The van der Waals surface area contributed by atoms with Gasteiger partial charge in [-0.3, -0.25) is 0 Å². The summed E-state index contributed by atoms with van der Waals surface area (Å²) >= 11 is 5.87. The quantitative estimate of drug-likeness (QED) is 0.608. The molecule has 0 amide bonds. The summed E-state index contributed by atoms with van der Waals surface area (Å²) < 4.78 is 5.08. The third kappa shape index (κ3) is 2.86. The van der Waals surface area contributed by atoms with Crippen LogP contribution < -0.4 is 10.1 Å². The normalized spacial score (nSPS) is 9.21. The molecule has 0 aromatic heterocycles. The first-order chi connectivity index (χ1) is 6.77. The summed E-state index contributed by atoms with van der Waals surface area (Å²) in [4.78, 5) is 0. The molecule has 0 unspecified atom stereocenters. The fourth-order valence-corrected chi connectivity index (χ4v) is 1.24. The molecule has 1 aromatic carbocycles. The molecule has 0 fully saturated rings. The van der Waals surface area contributed by atoms with E-state index in [1.807, 2.05) is 12.1 Å². The average molecular weight is 210 g/mol. The van der Waals surface area contributed by atoms with Crippen molar-refractivity contribution < 1.29 is 4.74 Å². The van der Waals surface area contributed by atoms with Crippen molar-refractivity contribution in [2.45, 2.75) is 6.42 Å². The molecule has 0 aliphatic carbocycles. The molecule has 3 heteroatoms. The molecule has 2 nitrogen and oxygen atoms in total. The van der Waals surface area contributed by atoms with Crippen molar-refractivity contribution in [2.75, 3.05) is 19.0 Å². The number of halogens is 1. The van der Waals surface area contributed by atoms with Crippen LogP contribution in [0.15, 0.2) is 18.2 Å². The maximum atomic E-state index is 5.87. The van der Waals surface area contributed by atoms with Crippen LogP contribution >= 0.6 is 11.6 Å². The van der Waals surface area contributed by atoms with Crippen molar-refractivity contribution in [2.24, 2.45) is 0 Å². The minimum Gasteiger partial charge on any atom is -0.495 e. The zero-order valence-electron chi connectivity index (χ0n) is 8.01. The van der Waals surface area contributed by atoms with Gasteiger partial charge in [0.25, 0.3) is 0 Å². The predicted molar refractivity (Wildman–Crippen MR) is 59.9 cm³/mol. The Morgan fingerprint density at radius 3 is 3.00 bits per heavy atom. The van der Waals surface area contributed by atoms with E-state index >= 15 is 0 Å². The van der Waals surface area contributed by atoms with Crippen LogP contribution in [0.4, 0.5) is 5.69 Å². The number of nitrogens with one attached hydrogen (secondary N) is 1. The van der Waals surface area contributed by atoms with Crippen molar-refractivity contribution in [3.63, 3.8) is 0 Å². The summed E-state index contributed by atoms with van der Waals surface area (Å²) in [6, 6.07) is 5.53. The zero-order valence-corrected chi connectivity index (χ0v) is 8.77. The highest BCUT2D eigenvalue weighted by atomic mass is 35.5. The van der Waals surface area contributed by atoms with Crippen molar-refractivity contribution in [3.8, 4) is 18.1 Å². The first kappa shape index (κ1) is 10.7. The van der Waals surface area contributed by atoms with Gasteiger partial charge < -0.3 is 10.1 Å². The SMILES string of the molecule is C#CCCNc1ccc(Cl)c(OC)c1. The summed E-state index contributed by atoms with van der Waals surface area (Å²) in [5.41, 5.74) is 0.960. The first-order valence-corrected chi connectivity index (χ1v) is 4.66. The number of hydrogen-bond donors (Lipinski definition) is 1. The molecule has 14 heavy (non-hydrogen) atoms. The highest BCUT2D eigenvalue weighted by molar-refractivity contribution is 6.32. The number of ether oxygens (including phenoxy) is 1. The Labute approximate surface area is 89.2 Å². The first-order valence-electron chi connectivity index (χ1n) is 4.29. The highest BCUT2D eigenvalue weighted by Crippen LogP contribution is 2.27. The molecule has 0 bridgehead atoms. The van der Waals surface area contributed by atoms with Crippen LogP contribution in [0.2, 0.25) is 5.02 Å². The van der Waals surface area contributed by atoms with Gasteiger partial charge in [0, 0.05) is 24.7 Å². The van der Waals surface area contributed by atoms with Gasteiger partial charge in [0.1, 0.15) is 5.75 Å². The maximum absolute atomic E-state index is 5.87. The highest BCUT2D eigenvalue weighted by Gasteiger charge is 2.00. The topological polar surface area (TPSA) is 21.3 Å². The molecule has 0 heterocycles. The maximum Gasteiger partial charge on any atom is 0.139 e. The van der Waals surface area contributed by atoms with E-state index in [0.29, 0.717) is 17.2 Å². The monoisotopic (exact) mass is 209 g/mol. The molecular formula is C11H12ClNO. The number of terminal acetylenes is 1. The van der Waals surface area contributed by atoms with Crippen LogP contribution in [0, 0.1) is 12.3 Å². The summed E-state index contributed by atoms with van der Waals surface area (Å²) in [6.45, 7) is 0.751. The van der Waals surface area contributed by atoms with Crippen molar-refractivity contribution in [3.05, 3.63) is 23.2 Å². The Bertz CT molecular complexity index is 344. The lowest BCUT2D eigenvalue weighted by Crippen LogP contribution is -2.00. The van der Waals surface area contributed by atoms with Gasteiger partial charge in [-0.05, 0) is 12.1 Å². The third-order valence-electron chi connectivity index (χ3n) is 1.75. The minimum absolute atomic E-state index is 0.606. The summed E-state index contributed by atoms with van der Waals surface area (Å²) in [5.74, 6) is 3.22. The molecule has 74 valence electrons. The zero-order chi connectivity index (χ0) is 10.4. The molecule has 1 rings (SSSR count). The third-order valence-corrected chi connectivity index (χ3v) is 2.06. The number of benzene rings is 1. The number of hydrogen-bond acceptors (Lipinski definition) is 2. The van der Waals surface area contributed by atoms with E-state index in [0.717, 1.165) is 12.2 Å². The molecule has 0 atom stereocenters. The summed E-state index contributed by atoms with van der Waals surface area (Å²) in [5, 5.41) is 3.77. The van der Waals surface area contributed by atoms with Gasteiger partial charge in [-0.1, -0.05) is 11.6 Å². The van der Waals surface area contributed by atoms with E-state index in [2.05, 4.69) is 11.2 Å². The Kier molecular flexibility index (Phi) is 4.15. The predicted octanol–water partition coefficient (Wildman–Crippen LogP) is 2.78. The van der Waals surface area contributed by atoms with E-state index in [-0.39, 0.29) is 0 Å². The number of rotatable bonds is 4. The summed E-state index contributed by atoms with van der Waals surface area (Å²) in [7, 11) is 1.59. The largest absolute Gasteiger partial charge is 0.495 e. The molecule has 1 N–H and O–H groups in total. The number of anilines is 1. The van der Waals surface area contributed by atoms with Gasteiger partial charge in [0.2, 0.25) is 0 Å². The van der Waals surface area contributed by atoms with Crippen LogP contribution in [0.25, 0.3) is 0 Å². The van der Waals surface area contributed by atoms with Crippen molar-refractivity contribution in [1.29, 1.82) is 0 Å². The lowest BCUT2D eigenvalue weighted by molar-refractivity contribution is 0.415. The van der Waals surface area contributed by atoms with E-state index in [1.165, 1.54) is 0 Å². The van der Waals surface area contributed by atoms with Gasteiger partial charge in [-0.15, -0.1) is 12.3 Å². The van der Waals surface area contributed by atoms with Crippen LogP contribution in [0.5, 0.6) is 5.75 Å². The van der Waals surface area contributed by atoms with Gasteiger partial charge in [0.15, 0.2) is 0 Å². The van der Waals surface area contributed by atoms with Crippen molar-refractivity contribution >= 4 is 17.3 Å². The van der Waals surface area contributed by atoms with Crippen LogP contribution in [-0.2, 0) is 0 Å². The Morgan fingerprint density at radius 1 is 1.57 bits per heavy atom. The molecular weight excluding hydrogens is 198 g/mol. The van der Waals surface area contributed by atoms with Gasteiger partial charge >= 0.3 is 0 Å². The second kappa shape index (κ2) is 5.41. The Balaban J connectivity index is 2.65. The second-order valence-corrected chi connectivity index (χ2v) is 3.14. The van der Waals surface area contributed by atoms with Crippen molar-refractivity contribution in [1.82, 2.24) is 0 Å². The molecule has 0 aliphatic rings. The smallest absolute Gasteiger partial charge is 0.139 e. The standard InChI is InChI=1S/C11H12ClNO/c1-3-4-7-13-9-5-6-10(12)11(8-9)14-2/h1,5-6,8,13H,4,7H2,2H3. The fourth-order valence-electron chi connectivity index (χ4n) is 1.05. The van der Waals surface area contributed by atoms with Gasteiger partial charge in [-0.25, -0.2) is 0 Å². The van der Waals surface area contributed by atoms with E-state index in [1.54, 1.807) is 13.2 Å². The number of methoxy groups -OCH3 is 1. The second-order valence-electron chi connectivity index (χ2n) is 2.73.